The quantitative estimate of drug-likeness (QED) is 0.940. The molecule has 1 amide bonds. The highest BCUT2D eigenvalue weighted by Crippen LogP contribution is 2.30. The van der Waals surface area contributed by atoms with E-state index in [4.69, 9.17) is 9.47 Å². The lowest BCUT2D eigenvalue weighted by Crippen LogP contribution is -2.13. The van der Waals surface area contributed by atoms with Crippen LogP contribution in [0.2, 0.25) is 0 Å². The number of hydrogen-bond donors (Lipinski definition) is 1. The molecule has 1 aliphatic rings. The van der Waals surface area contributed by atoms with Gasteiger partial charge < -0.3 is 14.8 Å². The number of amides is 1. The SMILES string of the molecule is COc1ccc(OC)c(NC(=O)c2ccc3c(c2)CCC3)c1. The minimum Gasteiger partial charge on any atom is -0.497 e. The van der Waals surface area contributed by atoms with Gasteiger partial charge in [-0.15, -0.1) is 0 Å². The van der Waals surface area contributed by atoms with Crippen molar-refractivity contribution in [2.75, 3.05) is 19.5 Å². The van der Waals surface area contributed by atoms with Crippen LogP contribution in [-0.4, -0.2) is 20.1 Å². The number of hydrogen-bond acceptors (Lipinski definition) is 3. The molecule has 0 saturated heterocycles. The summed E-state index contributed by atoms with van der Waals surface area (Å²) in [6.07, 6.45) is 3.34. The zero-order valence-electron chi connectivity index (χ0n) is 12.8. The van der Waals surface area contributed by atoms with Gasteiger partial charge in [0.1, 0.15) is 11.5 Å². The highest BCUT2D eigenvalue weighted by atomic mass is 16.5. The smallest absolute Gasteiger partial charge is 0.255 e. The molecule has 0 unspecified atom stereocenters. The largest absolute Gasteiger partial charge is 0.497 e. The lowest BCUT2D eigenvalue weighted by molar-refractivity contribution is 0.102. The number of benzene rings is 2. The Morgan fingerprint density at radius 3 is 2.59 bits per heavy atom. The number of rotatable bonds is 4. The van der Waals surface area contributed by atoms with Crippen LogP contribution in [0, 0.1) is 0 Å². The summed E-state index contributed by atoms with van der Waals surface area (Å²) in [5.74, 6) is 1.14. The molecule has 4 nitrogen and oxygen atoms in total. The molecule has 0 saturated carbocycles. The number of carbonyl (C=O) groups is 1. The second kappa shape index (κ2) is 6.10. The normalized spacial score (nSPS) is 12.6. The first kappa shape index (κ1) is 14.4. The van der Waals surface area contributed by atoms with Gasteiger partial charge in [0.2, 0.25) is 0 Å². The summed E-state index contributed by atoms with van der Waals surface area (Å²) in [6.45, 7) is 0. The average molecular weight is 297 g/mol. The number of carbonyl (C=O) groups excluding carboxylic acids is 1. The van der Waals surface area contributed by atoms with Gasteiger partial charge in [-0.1, -0.05) is 6.07 Å². The Hall–Kier alpha value is -2.49. The van der Waals surface area contributed by atoms with E-state index < -0.39 is 0 Å². The zero-order valence-corrected chi connectivity index (χ0v) is 12.8. The molecule has 0 bridgehead atoms. The number of methoxy groups -OCH3 is 2. The molecule has 0 spiro atoms. The second-order valence-electron chi connectivity index (χ2n) is 5.36. The summed E-state index contributed by atoms with van der Waals surface area (Å²) in [4.78, 5) is 12.5. The van der Waals surface area contributed by atoms with Crippen molar-refractivity contribution in [2.45, 2.75) is 19.3 Å². The summed E-state index contributed by atoms with van der Waals surface area (Å²) >= 11 is 0. The van der Waals surface area contributed by atoms with Crippen LogP contribution < -0.4 is 14.8 Å². The monoisotopic (exact) mass is 297 g/mol. The molecule has 2 aromatic carbocycles. The Kier molecular flexibility index (Phi) is 4.00. The van der Waals surface area contributed by atoms with Crippen molar-refractivity contribution < 1.29 is 14.3 Å². The molecule has 0 aliphatic heterocycles. The molecule has 114 valence electrons. The van der Waals surface area contributed by atoms with Gasteiger partial charge in [-0.05, 0) is 54.7 Å². The van der Waals surface area contributed by atoms with Crippen molar-refractivity contribution in [3.05, 3.63) is 53.1 Å². The van der Waals surface area contributed by atoms with E-state index >= 15 is 0 Å². The van der Waals surface area contributed by atoms with Gasteiger partial charge in [-0.2, -0.15) is 0 Å². The van der Waals surface area contributed by atoms with Gasteiger partial charge in [-0.25, -0.2) is 0 Å². The fraction of sp³-hybridized carbons (Fsp3) is 0.278. The van der Waals surface area contributed by atoms with E-state index in [1.165, 1.54) is 17.5 Å². The van der Waals surface area contributed by atoms with Crippen molar-refractivity contribution in [2.24, 2.45) is 0 Å². The third-order valence-electron chi connectivity index (χ3n) is 4.02. The summed E-state index contributed by atoms with van der Waals surface area (Å²) in [5, 5.41) is 2.90. The molecule has 2 aromatic rings. The summed E-state index contributed by atoms with van der Waals surface area (Å²) < 4.78 is 10.5. The first-order valence-electron chi connectivity index (χ1n) is 7.36. The molecule has 0 heterocycles. The predicted octanol–water partition coefficient (Wildman–Crippen LogP) is 3.44. The number of aryl methyl sites for hydroxylation is 2. The first-order chi connectivity index (χ1) is 10.7. The highest BCUT2D eigenvalue weighted by Gasteiger charge is 2.15. The van der Waals surface area contributed by atoms with Gasteiger partial charge in [-0.3, -0.25) is 4.79 Å². The molecule has 22 heavy (non-hydrogen) atoms. The maximum atomic E-state index is 12.5. The van der Waals surface area contributed by atoms with Crippen LogP contribution in [0.3, 0.4) is 0 Å². The summed E-state index contributed by atoms with van der Waals surface area (Å²) in [7, 11) is 3.17. The van der Waals surface area contributed by atoms with Crippen LogP contribution >= 0.6 is 0 Å². The van der Waals surface area contributed by atoms with Gasteiger partial charge >= 0.3 is 0 Å². The lowest BCUT2D eigenvalue weighted by Gasteiger charge is -2.12. The summed E-state index contributed by atoms with van der Waals surface area (Å²) in [6, 6.07) is 11.3. The van der Waals surface area contributed by atoms with Crippen LogP contribution in [0.5, 0.6) is 11.5 Å². The van der Waals surface area contributed by atoms with Crippen molar-refractivity contribution in [1.29, 1.82) is 0 Å². The summed E-state index contributed by atoms with van der Waals surface area (Å²) in [5.41, 5.74) is 3.92. The van der Waals surface area contributed by atoms with Crippen LogP contribution in [-0.2, 0) is 12.8 Å². The molecule has 1 N–H and O–H groups in total. The van der Waals surface area contributed by atoms with Gasteiger partial charge in [0.05, 0.1) is 19.9 Å². The Bertz CT molecular complexity index is 709. The average Bonchev–Trinajstić information content (AvgIpc) is 3.02. The molecular formula is C18H19NO3. The molecule has 4 heteroatoms. The van der Waals surface area contributed by atoms with Crippen molar-refractivity contribution in [1.82, 2.24) is 0 Å². The molecular weight excluding hydrogens is 278 g/mol. The zero-order chi connectivity index (χ0) is 15.5. The Labute approximate surface area is 130 Å². The maximum Gasteiger partial charge on any atom is 0.255 e. The van der Waals surface area contributed by atoms with Crippen LogP contribution in [0.15, 0.2) is 36.4 Å². The number of fused-ring (bicyclic) bond motifs is 1. The highest BCUT2D eigenvalue weighted by molar-refractivity contribution is 6.05. The molecule has 0 radical (unpaired) electrons. The van der Waals surface area contributed by atoms with E-state index in [9.17, 15) is 4.79 Å². The molecule has 0 aromatic heterocycles. The van der Waals surface area contributed by atoms with E-state index in [2.05, 4.69) is 11.4 Å². The Morgan fingerprint density at radius 2 is 1.82 bits per heavy atom. The van der Waals surface area contributed by atoms with Crippen LogP contribution in [0.25, 0.3) is 0 Å². The minimum absolute atomic E-state index is 0.138. The van der Waals surface area contributed by atoms with E-state index in [0.29, 0.717) is 22.7 Å². The van der Waals surface area contributed by atoms with Gasteiger partial charge in [0.25, 0.3) is 5.91 Å². The van der Waals surface area contributed by atoms with E-state index in [1.807, 2.05) is 12.1 Å². The second-order valence-corrected chi connectivity index (χ2v) is 5.36. The van der Waals surface area contributed by atoms with E-state index in [1.54, 1.807) is 32.4 Å². The Balaban J connectivity index is 1.85. The fourth-order valence-corrected chi connectivity index (χ4v) is 2.82. The van der Waals surface area contributed by atoms with Gasteiger partial charge in [0, 0.05) is 11.6 Å². The van der Waals surface area contributed by atoms with E-state index in [-0.39, 0.29) is 5.91 Å². The molecule has 0 fully saturated rings. The van der Waals surface area contributed by atoms with Crippen LogP contribution in [0.4, 0.5) is 5.69 Å². The van der Waals surface area contributed by atoms with E-state index in [0.717, 1.165) is 12.8 Å². The molecule has 1 aliphatic carbocycles. The number of nitrogens with one attached hydrogen (secondary N) is 1. The Morgan fingerprint density at radius 1 is 1.00 bits per heavy atom. The molecule has 3 rings (SSSR count). The number of ether oxygens (including phenoxy) is 2. The third kappa shape index (κ3) is 2.77. The van der Waals surface area contributed by atoms with Crippen LogP contribution in [0.1, 0.15) is 27.9 Å². The minimum atomic E-state index is -0.138. The number of anilines is 1. The van der Waals surface area contributed by atoms with Crippen molar-refractivity contribution in [3.63, 3.8) is 0 Å². The van der Waals surface area contributed by atoms with Crippen molar-refractivity contribution in [3.8, 4) is 11.5 Å². The maximum absolute atomic E-state index is 12.5. The van der Waals surface area contributed by atoms with Gasteiger partial charge in [0.15, 0.2) is 0 Å². The fourth-order valence-electron chi connectivity index (χ4n) is 2.82. The topological polar surface area (TPSA) is 47.6 Å². The third-order valence-corrected chi connectivity index (χ3v) is 4.02. The predicted molar refractivity (Wildman–Crippen MR) is 86.0 cm³/mol. The first-order valence-corrected chi connectivity index (χ1v) is 7.36. The lowest BCUT2D eigenvalue weighted by atomic mass is 10.1. The van der Waals surface area contributed by atoms with Crippen molar-refractivity contribution >= 4 is 11.6 Å². The molecule has 0 atom stereocenters. The standard InChI is InChI=1S/C18H19NO3/c1-21-15-8-9-17(22-2)16(11-15)19-18(20)14-7-6-12-4-3-5-13(12)10-14/h6-11H,3-5H2,1-2H3,(H,19,20).